The van der Waals surface area contributed by atoms with Crippen molar-refractivity contribution in [1.29, 1.82) is 10.7 Å². The molecule has 1 saturated carbocycles. The molecular weight excluding hydrogens is 208 g/mol. The van der Waals surface area contributed by atoms with Crippen molar-refractivity contribution in [1.82, 2.24) is 0 Å². The van der Waals surface area contributed by atoms with E-state index in [0.717, 1.165) is 24.3 Å². The van der Waals surface area contributed by atoms with E-state index in [2.05, 4.69) is 6.07 Å². The zero-order chi connectivity index (χ0) is 12.7. The van der Waals surface area contributed by atoms with Crippen molar-refractivity contribution in [3.05, 3.63) is 35.4 Å². The second-order valence-electron chi connectivity index (χ2n) is 4.15. The lowest BCUT2D eigenvalue weighted by atomic mass is 10.0. The van der Waals surface area contributed by atoms with E-state index in [4.69, 9.17) is 10.7 Å². The summed E-state index contributed by atoms with van der Waals surface area (Å²) in [4.78, 5) is 0. The second-order valence-corrected chi connectivity index (χ2v) is 4.15. The Morgan fingerprint density at radius 1 is 1.29 bits per heavy atom. The summed E-state index contributed by atoms with van der Waals surface area (Å²) in [5.41, 5.74) is 2.31. The molecule has 2 nitrogen and oxygen atoms in total. The van der Waals surface area contributed by atoms with E-state index >= 15 is 0 Å². The molecule has 0 saturated heterocycles. The molecule has 0 aliphatic heterocycles. The van der Waals surface area contributed by atoms with Crippen LogP contribution in [0.3, 0.4) is 0 Å². The molecule has 0 unspecified atom stereocenters. The van der Waals surface area contributed by atoms with Crippen LogP contribution in [0.2, 0.25) is 0 Å². The van der Waals surface area contributed by atoms with E-state index in [1.807, 2.05) is 26.0 Å². The number of benzene rings is 1. The zero-order valence-corrected chi connectivity index (χ0v) is 10.7. The Morgan fingerprint density at radius 3 is 2.35 bits per heavy atom. The molecule has 0 radical (unpaired) electrons. The SMILES string of the molecule is CC.N#Cc1ccc(C(=N)CCC2CC2)cc1. The minimum atomic E-state index is 0.661. The number of nitrogens with one attached hydrogen (secondary N) is 1. The van der Waals surface area contributed by atoms with Crippen molar-refractivity contribution in [3.63, 3.8) is 0 Å². The fourth-order valence-electron chi connectivity index (χ4n) is 1.65. The fourth-order valence-corrected chi connectivity index (χ4v) is 1.65. The molecule has 1 aliphatic rings. The Kier molecular flexibility index (Phi) is 5.42. The molecule has 0 amide bonds. The molecule has 90 valence electrons. The highest BCUT2D eigenvalue weighted by molar-refractivity contribution is 5.98. The van der Waals surface area contributed by atoms with Gasteiger partial charge in [-0.1, -0.05) is 38.8 Å². The third-order valence-corrected chi connectivity index (χ3v) is 2.86. The average molecular weight is 228 g/mol. The van der Waals surface area contributed by atoms with Crippen LogP contribution in [0.15, 0.2) is 24.3 Å². The summed E-state index contributed by atoms with van der Waals surface area (Å²) in [6.07, 6.45) is 4.72. The van der Waals surface area contributed by atoms with Gasteiger partial charge < -0.3 is 5.41 Å². The van der Waals surface area contributed by atoms with Crippen molar-refractivity contribution in [2.45, 2.75) is 39.5 Å². The Morgan fingerprint density at radius 2 is 1.88 bits per heavy atom. The van der Waals surface area contributed by atoms with Crippen molar-refractivity contribution in [3.8, 4) is 6.07 Å². The van der Waals surface area contributed by atoms with Crippen LogP contribution in [0, 0.1) is 22.7 Å². The maximum absolute atomic E-state index is 8.65. The molecule has 0 atom stereocenters. The lowest BCUT2D eigenvalue weighted by molar-refractivity contribution is 0.757. The molecule has 1 aliphatic carbocycles. The number of nitrogens with zero attached hydrogens (tertiary/aromatic N) is 1. The Bertz CT molecular complexity index is 394. The maximum Gasteiger partial charge on any atom is 0.0991 e. The fraction of sp³-hybridized carbons (Fsp3) is 0.467. The molecule has 2 rings (SSSR count). The Hall–Kier alpha value is -1.62. The molecule has 1 aromatic carbocycles. The summed E-state index contributed by atoms with van der Waals surface area (Å²) in [7, 11) is 0. The summed E-state index contributed by atoms with van der Waals surface area (Å²) < 4.78 is 0. The third kappa shape index (κ3) is 4.40. The zero-order valence-electron chi connectivity index (χ0n) is 10.7. The van der Waals surface area contributed by atoms with E-state index in [-0.39, 0.29) is 0 Å². The molecule has 1 N–H and O–H groups in total. The van der Waals surface area contributed by atoms with Gasteiger partial charge in [-0.05, 0) is 36.5 Å². The van der Waals surface area contributed by atoms with Crippen LogP contribution in [-0.4, -0.2) is 5.71 Å². The lowest BCUT2D eigenvalue weighted by Crippen LogP contribution is -1.99. The standard InChI is InChI=1S/C13H14N2.C2H6/c14-9-11-3-6-12(7-4-11)13(15)8-5-10-1-2-10;1-2/h3-4,6-7,10,15H,1-2,5,8H2;1-2H3. The molecule has 1 fully saturated rings. The summed E-state index contributed by atoms with van der Waals surface area (Å²) in [5, 5.41) is 16.5. The molecule has 2 heteroatoms. The van der Waals surface area contributed by atoms with Gasteiger partial charge >= 0.3 is 0 Å². The largest absolute Gasteiger partial charge is 0.305 e. The van der Waals surface area contributed by atoms with Crippen LogP contribution in [0.5, 0.6) is 0 Å². The Labute approximate surface area is 104 Å². The molecule has 0 aromatic heterocycles. The topological polar surface area (TPSA) is 47.6 Å². The van der Waals surface area contributed by atoms with Crippen LogP contribution in [0.25, 0.3) is 0 Å². The number of rotatable bonds is 4. The molecule has 0 spiro atoms. The number of hydrogen-bond acceptors (Lipinski definition) is 2. The van der Waals surface area contributed by atoms with E-state index in [1.54, 1.807) is 12.1 Å². The lowest BCUT2D eigenvalue weighted by Gasteiger charge is -2.03. The summed E-state index contributed by atoms with van der Waals surface area (Å²) in [6, 6.07) is 9.38. The highest BCUT2D eigenvalue weighted by atomic mass is 14.4. The van der Waals surface area contributed by atoms with Gasteiger partial charge in [-0.3, -0.25) is 0 Å². The first-order valence-corrected chi connectivity index (χ1v) is 6.37. The van der Waals surface area contributed by atoms with Gasteiger partial charge in [0.05, 0.1) is 11.6 Å². The predicted octanol–water partition coefficient (Wildman–Crippen LogP) is 4.14. The highest BCUT2D eigenvalue weighted by Crippen LogP contribution is 2.33. The van der Waals surface area contributed by atoms with Gasteiger partial charge in [0.25, 0.3) is 0 Å². The van der Waals surface area contributed by atoms with Crippen molar-refractivity contribution < 1.29 is 0 Å². The number of nitriles is 1. The maximum atomic E-state index is 8.65. The van der Waals surface area contributed by atoms with Crippen molar-refractivity contribution in [2.75, 3.05) is 0 Å². The van der Waals surface area contributed by atoms with Crippen LogP contribution in [0.4, 0.5) is 0 Å². The summed E-state index contributed by atoms with van der Waals surface area (Å²) >= 11 is 0. The van der Waals surface area contributed by atoms with Crippen LogP contribution in [0.1, 0.15) is 50.7 Å². The molecule has 0 bridgehead atoms. The summed E-state index contributed by atoms with van der Waals surface area (Å²) in [5.74, 6) is 0.878. The predicted molar refractivity (Wildman–Crippen MR) is 71.3 cm³/mol. The van der Waals surface area contributed by atoms with E-state index in [0.29, 0.717) is 11.3 Å². The minimum Gasteiger partial charge on any atom is -0.305 e. The quantitative estimate of drug-likeness (QED) is 0.773. The van der Waals surface area contributed by atoms with Crippen LogP contribution in [-0.2, 0) is 0 Å². The molecule has 17 heavy (non-hydrogen) atoms. The van der Waals surface area contributed by atoms with E-state index in [1.165, 1.54) is 12.8 Å². The van der Waals surface area contributed by atoms with Gasteiger partial charge in [0.2, 0.25) is 0 Å². The Balaban J connectivity index is 0.000000686. The van der Waals surface area contributed by atoms with Gasteiger partial charge in [0.1, 0.15) is 0 Å². The molecule has 0 heterocycles. The van der Waals surface area contributed by atoms with Gasteiger partial charge in [0, 0.05) is 5.71 Å². The third-order valence-electron chi connectivity index (χ3n) is 2.86. The van der Waals surface area contributed by atoms with E-state index < -0.39 is 0 Å². The first-order valence-electron chi connectivity index (χ1n) is 6.37. The van der Waals surface area contributed by atoms with Gasteiger partial charge in [-0.15, -0.1) is 0 Å². The minimum absolute atomic E-state index is 0.661. The van der Waals surface area contributed by atoms with Crippen LogP contribution < -0.4 is 0 Å². The molecule has 1 aromatic rings. The van der Waals surface area contributed by atoms with Crippen molar-refractivity contribution >= 4 is 5.71 Å². The summed E-state index contributed by atoms with van der Waals surface area (Å²) in [6.45, 7) is 4.00. The first kappa shape index (κ1) is 13.4. The molecular formula is C15H20N2. The van der Waals surface area contributed by atoms with Crippen molar-refractivity contribution in [2.24, 2.45) is 5.92 Å². The normalized spacial score (nSPS) is 13.2. The first-order chi connectivity index (χ1) is 8.29. The van der Waals surface area contributed by atoms with E-state index in [9.17, 15) is 0 Å². The van der Waals surface area contributed by atoms with Gasteiger partial charge in [-0.25, -0.2) is 0 Å². The van der Waals surface area contributed by atoms with Gasteiger partial charge in [-0.2, -0.15) is 5.26 Å². The monoisotopic (exact) mass is 228 g/mol. The highest BCUT2D eigenvalue weighted by Gasteiger charge is 2.21. The average Bonchev–Trinajstić information content (AvgIpc) is 3.22. The smallest absolute Gasteiger partial charge is 0.0991 e. The number of hydrogen-bond donors (Lipinski definition) is 1. The van der Waals surface area contributed by atoms with Crippen LogP contribution >= 0.6 is 0 Å². The second kappa shape index (κ2) is 6.85. The van der Waals surface area contributed by atoms with Gasteiger partial charge in [0.15, 0.2) is 0 Å².